The van der Waals surface area contributed by atoms with Gasteiger partial charge in [0.15, 0.2) is 0 Å². The molecule has 0 saturated heterocycles. The lowest BCUT2D eigenvalue weighted by atomic mass is 10.1. The predicted octanol–water partition coefficient (Wildman–Crippen LogP) is 1.14. The third-order valence-corrected chi connectivity index (χ3v) is 2.32. The van der Waals surface area contributed by atoms with Gasteiger partial charge in [-0.3, -0.25) is 0 Å². The van der Waals surface area contributed by atoms with Crippen molar-refractivity contribution in [1.82, 2.24) is 0 Å². The summed E-state index contributed by atoms with van der Waals surface area (Å²) in [6.07, 6.45) is 0. The Bertz CT molecular complexity index is 404. The Balaban J connectivity index is 2.66. The third-order valence-electron chi connectivity index (χ3n) is 2.32. The maximum absolute atomic E-state index is 13.3. The van der Waals surface area contributed by atoms with Crippen LogP contribution in [-0.4, -0.2) is 38.5 Å². The largest absolute Gasteiger partial charge is 0.394 e. The molecule has 1 rings (SSSR count). The number of aliphatic hydroxyl groups is 1. The average molecular weight is 238 g/mol. The Kier molecular flexibility index (Phi) is 5.40. The van der Waals surface area contributed by atoms with Gasteiger partial charge in [0.25, 0.3) is 0 Å². The summed E-state index contributed by atoms with van der Waals surface area (Å²) < 4.78 is 18.5. The van der Waals surface area contributed by atoms with Crippen LogP contribution >= 0.6 is 0 Å². The summed E-state index contributed by atoms with van der Waals surface area (Å²) in [5.41, 5.74) is 0.581. The molecule has 0 aliphatic heterocycles. The fraction of sp³-hybridized carbons (Fsp3) is 0.417. The molecule has 0 aromatic heterocycles. The van der Waals surface area contributed by atoms with E-state index in [4.69, 9.17) is 15.1 Å². The quantitative estimate of drug-likeness (QED) is 0.755. The third kappa shape index (κ3) is 3.70. The molecule has 0 aliphatic carbocycles. The van der Waals surface area contributed by atoms with Crippen LogP contribution in [0.1, 0.15) is 5.56 Å². The second-order valence-corrected chi connectivity index (χ2v) is 3.50. The highest BCUT2D eigenvalue weighted by molar-refractivity contribution is 5.59. The summed E-state index contributed by atoms with van der Waals surface area (Å²) in [5, 5.41) is 17.4. The van der Waals surface area contributed by atoms with Gasteiger partial charge < -0.3 is 14.7 Å². The van der Waals surface area contributed by atoms with Crippen LogP contribution in [0.4, 0.5) is 10.1 Å². The van der Waals surface area contributed by atoms with Crippen molar-refractivity contribution in [3.05, 3.63) is 29.6 Å². The zero-order chi connectivity index (χ0) is 12.7. The highest BCUT2D eigenvalue weighted by Gasteiger charge is 2.11. The van der Waals surface area contributed by atoms with E-state index in [2.05, 4.69) is 0 Å². The lowest BCUT2D eigenvalue weighted by molar-refractivity contribution is 0.0971. The van der Waals surface area contributed by atoms with Crippen LogP contribution < -0.4 is 4.90 Å². The van der Waals surface area contributed by atoms with Gasteiger partial charge in [0.1, 0.15) is 17.4 Å². The zero-order valence-electron chi connectivity index (χ0n) is 9.69. The number of benzene rings is 1. The molecule has 0 aliphatic rings. The summed E-state index contributed by atoms with van der Waals surface area (Å²) in [6, 6.07) is 6.37. The average Bonchev–Trinajstić information content (AvgIpc) is 2.34. The van der Waals surface area contributed by atoms with Crippen LogP contribution in [0.5, 0.6) is 0 Å². The zero-order valence-corrected chi connectivity index (χ0v) is 9.69. The first-order chi connectivity index (χ1) is 8.20. The fourth-order valence-electron chi connectivity index (χ4n) is 1.43. The van der Waals surface area contributed by atoms with Gasteiger partial charge in [0, 0.05) is 13.6 Å². The number of nitrogens with zero attached hydrogens (tertiary/aromatic N) is 2. The lowest BCUT2D eigenvalue weighted by Crippen LogP contribution is -2.24. The van der Waals surface area contributed by atoms with Crippen LogP contribution in [0.25, 0.3) is 0 Å². The van der Waals surface area contributed by atoms with Crippen molar-refractivity contribution < 1.29 is 14.2 Å². The summed E-state index contributed by atoms with van der Waals surface area (Å²) >= 11 is 0. The van der Waals surface area contributed by atoms with Gasteiger partial charge in [-0.25, -0.2) is 4.39 Å². The van der Waals surface area contributed by atoms with E-state index in [9.17, 15) is 4.39 Å². The number of hydrogen-bond acceptors (Lipinski definition) is 4. The van der Waals surface area contributed by atoms with Gasteiger partial charge in [0.05, 0.1) is 25.5 Å². The van der Waals surface area contributed by atoms with Crippen LogP contribution in [0.2, 0.25) is 0 Å². The van der Waals surface area contributed by atoms with Crippen molar-refractivity contribution >= 4 is 5.69 Å². The van der Waals surface area contributed by atoms with Crippen molar-refractivity contribution in [1.29, 1.82) is 5.26 Å². The first kappa shape index (κ1) is 13.4. The molecule has 0 atom stereocenters. The maximum Gasteiger partial charge on any atom is 0.143 e. The maximum atomic E-state index is 13.3. The molecule has 92 valence electrons. The number of ether oxygens (including phenoxy) is 1. The number of anilines is 1. The molecule has 1 aromatic carbocycles. The Morgan fingerprint density at radius 2 is 2.24 bits per heavy atom. The molecule has 0 unspecified atom stereocenters. The molecule has 0 bridgehead atoms. The van der Waals surface area contributed by atoms with Gasteiger partial charge in [-0.05, 0) is 12.1 Å². The van der Waals surface area contributed by atoms with E-state index in [1.54, 1.807) is 24.1 Å². The first-order valence-electron chi connectivity index (χ1n) is 5.29. The van der Waals surface area contributed by atoms with E-state index in [-0.39, 0.29) is 18.8 Å². The molecule has 0 amide bonds. The standard InChI is InChI=1S/C12H15FN2O2/c1-15(5-7-17-8-6-16)12-4-2-3-11(13)10(12)9-14/h2-4,16H,5-8H2,1H3. The SMILES string of the molecule is CN(CCOCCO)c1cccc(F)c1C#N. The Labute approximate surface area is 99.8 Å². The Morgan fingerprint density at radius 3 is 2.88 bits per heavy atom. The molecular formula is C12H15FN2O2. The molecule has 0 fully saturated rings. The minimum absolute atomic E-state index is 0.0207. The van der Waals surface area contributed by atoms with Crippen LogP contribution in [0.15, 0.2) is 18.2 Å². The summed E-state index contributed by atoms with van der Waals surface area (Å²) in [7, 11) is 1.76. The van der Waals surface area contributed by atoms with E-state index in [0.29, 0.717) is 18.8 Å². The van der Waals surface area contributed by atoms with Crippen molar-refractivity contribution in [2.24, 2.45) is 0 Å². The van der Waals surface area contributed by atoms with E-state index >= 15 is 0 Å². The van der Waals surface area contributed by atoms with Crippen LogP contribution in [0, 0.1) is 17.1 Å². The highest BCUT2D eigenvalue weighted by atomic mass is 19.1. The van der Waals surface area contributed by atoms with Gasteiger partial charge in [0.2, 0.25) is 0 Å². The summed E-state index contributed by atoms with van der Waals surface area (Å²) in [4.78, 5) is 1.75. The van der Waals surface area contributed by atoms with E-state index in [0.717, 1.165) is 0 Å². The van der Waals surface area contributed by atoms with Crippen LogP contribution in [0.3, 0.4) is 0 Å². The molecule has 4 nitrogen and oxygen atoms in total. The van der Waals surface area contributed by atoms with Crippen molar-refractivity contribution in [3.8, 4) is 6.07 Å². The van der Waals surface area contributed by atoms with E-state index in [1.165, 1.54) is 6.07 Å². The topological polar surface area (TPSA) is 56.5 Å². The minimum Gasteiger partial charge on any atom is -0.394 e. The Morgan fingerprint density at radius 1 is 1.47 bits per heavy atom. The normalized spacial score (nSPS) is 10.0. The minimum atomic E-state index is -0.520. The van der Waals surface area contributed by atoms with Gasteiger partial charge in [-0.1, -0.05) is 6.07 Å². The van der Waals surface area contributed by atoms with Crippen molar-refractivity contribution in [2.45, 2.75) is 0 Å². The molecule has 1 N–H and O–H groups in total. The molecular weight excluding hydrogens is 223 g/mol. The van der Waals surface area contributed by atoms with Gasteiger partial charge in [-0.2, -0.15) is 5.26 Å². The molecule has 5 heteroatoms. The first-order valence-corrected chi connectivity index (χ1v) is 5.29. The number of likely N-dealkylation sites (N-methyl/N-ethyl adjacent to an activating group) is 1. The molecule has 17 heavy (non-hydrogen) atoms. The second-order valence-electron chi connectivity index (χ2n) is 3.50. The second kappa shape index (κ2) is 6.84. The lowest BCUT2D eigenvalue weighted by Gasteiger charge is -2.20. The number of halogens is 1. The van der Waals surface area contributed by atoms with Crippen molar-refractivity contribution in [3.63, 3.8) is 0 Å². The Hall–Kier alpha value is -1.64. The van der Waals surface area contributed by atoms with Crippen LogP contribution in [-0.2, 0) is 4.74 Å². The number of aliphatic hydroxyl groups excluding tert-OH is 1. The fourth-order valence-corrected chi connectivity index (χ4v) is 1.43. The molecule has 0 saturated carbocycles. The van der Waals surface area contributed by atoms with Crippen molar-refractivity contribution in [2.75, 3.05) is 38.3 Å². The number of nitriles is 1. The molecule has 0 heterocycles. The number of rotatable bonds is 6. The summed E-state index contributed by atoms with van der Waals surface area (Å²) in [6.45, 7) is 1.20. The highest BCUT2D eigenvalue weighted by Crippen LogP contribution is 2.20. The molecule has 0 spiro atoms. The van der Waals surface area contributed by atoms with Gasteiger partial charge >= 0.3 is 0 Å². The summed E-state index contributed by atoms with van der Waals surface area (Å²) in [5.74, 6) is -0.520. The monoisotopic (exact) mass is 238 g/mol. The molecule has 1 aromatic rings. The van der Waals surface area contributed by atoms with E-state index < -0.39 is 5.82 Å². The molecule has 0 radical (unpaired) electrons. The smallest absolute Gasteiger partial charge is 0.143 e. The predicted molar refractivity (Wildman–Crippen MR) is 62.3 cm³/mol. The van der Waals surface area contributed by atoms with Gasteiger partial charge in [-0.15, -0.1) is 0 Å². The number of hydrogen-bond donors (Lipinski definition) is 1. The van der Waals surface area contributed by atoms with E-state index in [1.807, 2.05) is 6.07 Å².